The number of carbonyl (C=O) groups is 2. The van der Waals surface area contributed by atoms with Crippen LogP contribution in [0.15, 0.2) is 41.0 Å². The van der Waals surface area contributed by atoms with Crippen LogP contribution in [0.2, 0.25) is 0 Å². The van der Waals surface area contributed by atoms with Crippen LogP contribution in [0.25, 0.3) is 0 Å². The average molecular weight is 378 g/mol. The van der Waals surface area contributed by atoms with Gasteiger partial charge in [0.15, 0.2) is 5.76 Å². The van der Waals surface area contributed by atoms with Gasteiger partial charge in [0.1, 0.15) is 0 Å². The van der Waals surface area contributed by atoms with Gasteiger partial charge in [0.05, 0.1) is 6.26 Å². The van der Waals surface area contributed by atoms with Gasteiger partial charge in [-0.3, -0.25) is 9.59 Å². The quantitative estimate of drug-likeness (QED) is 0.764. The number of benzene rings is 1. The lowest BCUT2D eigenvalue weighted by Crippen LogP contribution is -2.46. The molecule has 1 aromatic heterocycles. The molecule has 1 saturated heterocycles. The summed E-state index contributed by atoms with van der Waals surface area (Å²) in [6.07, 6.45) is 3.29. The number of carbonyl (C=O) groups excluding carboxylic acids is 2. The van der Waals surface area contributed by atoms with Crippen LogP contribution in [-0.4, -0.2) is 30.4 Å². The van der Waals surface area contributed by atoms with Crippen molar-refractivity contribution in [3.05, 3.63) is 53.5 Å². The minimum atomic E-state index is -0.335. The SMILES string of the molecule is Cc1ccc(C(=O)NC2CCNC(C)C2)cc1NC(=O)c1ccco1.Cl. The number of rotatable bonds is 4. The van der Waals surface area contributed by atoms with Crippen molar-refractivity contribution in [3.63, 3.8) is 0 Å². The van der Waals surface area contributed by atoms with Crippen molar-refractivity contribution in [2.75, 3.05) is 11.9 Å². The minimum Gasteiger partial charge on any atom is -0.459 e. The summed E-state index contributed by atoms with van der Waals surface area (Å²) < 4.78 is 5.10. The van der Waals surface area contributed by atoms with Crippen molar-refractivity contribution >= 4 is 29.9 Å². The predicted molar refractivity (Wildman–Crippen MR) is 103 cm³/mol. The van der Waals surface area contributed by atoms with E-state index >= 15 is 0 Å². The standard InChI is InChI=1S/C19H23N3O3.ClH/c1-12-5-6-14(18(23)21-15-7-8-20-13(2)10-15)11-16(12)22-19(24)17-4-3-9-25-17;/h3-6,9,11,13,15,20H,7-8,10H2,1-2H3,(H,21,23)(H,22,24);1H. The van der Waals surface area contributed by atoms with Crippen LogP contribution in [0.1, 0.15) is 46.2 Å². The summed E-state index contributed by atoms with van der Waals surface area (Å²) in [4.78, 5) is 24.7. The van der Waals surface area contributed by atoms with E-state index in [2.05, 4.69) is 22.9 Å². The van der Waals surface area contributed by atoms with Gasteiger partial charge in [0.25, 0.3) is 11.8 Å². The first kappa shape index (κ1) is 20.0. The molecular formula is C19H24ClN3O3. The monoisotopic (exact) mass is 377 g/mol. The fraction of sp³-hybridized carbons (Fsp3) is 0.368. The molecule has 26 heavy (non-hydrogen) atoms. The van der Waals surface area contributed by atoms with E-state index in [1.165, 1.54) is 6.26 Å². The molecule has 0 spiro atoms. The lowest BCUT2D eigenvalue weighted by atomic mass is 10.00. The van der Waals surface area contributed by atoms with Gasteiger partial charge in [-0.2, -0.15) is 0 Å². The van der Waals surface area contributed by atoms with Crippen LogP contribution in [-0.2, 0) is 0 Å². The fourth-order valence-electron chi connectivity index (χ4n) is 3.02. The molecule has 0 aliphatic carbocycles. The first-order valence-electron chi connectivity index (χ1n) is 8.52. The number of hydrogen-bond donors (Lipinski definition) is 3. The van der Waals surface area contributed by atoms with E-state index in [4.69, 9.17) is 4.42 Å². The number of piperidine rings is 1. The zero-order chi connectivity index (χ0) is 17.8. The van der Waals surface area contributed by atoms with Crippen LogP contribution in [0.3, 0.4) is 0 Å². The molecular weight excluding hydrogens is 354 g/mol. The normalized spacial score (nSPS) is 19.3. The number of anilines is 1. The maximum absolute atomic E-state index is 12.5. The number of hydrogen-bond acceptors (Lipinski definition) is 4. The molecule has 2 unspecified atom stereocenters. The molecule has 2 heterocycles. The van der Waals surface area contributed by atoms with Gasteiger partial charge in [-0.05, 0) is 63.1 Å². The zero-order valence-electron chi connectivity index (χ0n) is 14.9. The molecule has 2 atom stereocenters. The second kappa shape index (κ2) is 8.87. The van der Waals surface area contributed by atoms with Gasteiger partial charge in [0.2, 0.25) is 0 Å². The number of aryl methyl sites for hydroxylation is 1. The minimum absolute atomic E-state index is 0. The molecule has 1 aromatic carbocycles. The molecule has 0 bridgehead atoms. The van der Waals surface area contributed by atoms with Crippen molar-refractivity contribution in [2.24, 2.45) is 0 Å². The zero-order valence-corrected chi connectivity index (χ0v) is 15.7. The highest BCUT2D eigenvalue weighted by atomic mass is 35.5. The Morgan fingerprint density at radius 2 is 2.04 bits per heavy atom. The Hall–Kier alpha value is -2.31. The van der Waals surface area contributed by atoms with E-state index < -0.39 is 0 Å². The van der Waals surface area contributed by atoms with Crippen molar-refractivity contribution in [1.29, 1.82) is 0 Å². The Balaban J connectivity index is 0.00000243. The molecule has 0 saturated carbocycles. The third-order valence-corrected chi connectivity index (χ3v) is 4.45. The van der Waals surface area contributed by atoms with E-state index in [0.29, 0.717) is 17.3 Å². The summed E-state index contributed by atoms with van der Waals surface area (Å²) in [5.41, 5.74) is 2.02. The largest absolute Gasteiger partial charge is 0.459 e. The second-order valence-electron chi connectivity index (χ2n) is 6.51. The van der Waals surface area contributed by atoms with Gasteiger partial charge < -0.3 is 20.4 Å². The Labute approximate surface area is 159 Å². The molecule has 3 rings (SSSR count). The molecule has 1 aliphatic rings. The van der Waals surface area contributed by atoms with Gasteiger partial charge in [-0.1, -0.05) is 6.07 Å². The molecule has 0 radical (unpaired) electrons. The van der Waals surface area contributed by atoms with E-state index in [1.807, 2.05) is 13.0 Å². The number of amides is 2. The highest BCUT2D eigenvalue weighted by Crippen LogP contribution is 2.19. The lowest BCUT2D eigenvalue weighted by molar-refractivity contribution is 0.0924. The van der Waals surface area contributed by atoms with Gasteiger partial charge >= 0.3 is 0 Å². The predicted octanol–water partition coefficient (Wildman–Crippen LogP) is 3.13. The third-order valence-electron chi connectivity index (χ3n) is 4.45. The maximum Gasteiger partial charge on any atom is 0.291 e. The van der Waals surface area contributed by atoms with Crippen LogP contribution in [0.5, 0.6) is 0 Å². The summed E-state index contributed by atoms with van der Waals surface area (Å²) in [5, 5.41) is 9.25. The summed E-state index contributed by atoms with van der Waals surface area (Å²) in [7, 11) is 0. The molecule has 2 amide bonds. The molecule has 1 fully saturated rings. The average Bonchev–Trinajstić information content (AvgIpc) is 3.11. The highest BCUT2D eigenvalue weighted by Gasteiger charge is 2.21. The van der Waals surface area contributed by atoms with E-state index in [0.717, 1.165) is 24.9 Å². The Morgan fingerprint density at radius 1 is 1.23 bits per heavy atom. The lowest BCUT2D eigenvalue weighted by Gasteiger charge is -2.28. The number of halogens is 1. The molecule has 3 N–H and O–H groups in total. The van der Waals surface area contributed by atoms with Crippen LogP contribution in [0, 0.1) is 6.92 Å². The Bertz CT molecular complexity index is 761. The molecule has 2 aromatic rings. The van der Waals surface area contributed by atoms with Crippen molar-refractivity contribution in [3.8, 4) is 0 Å². The van der Waals surface area contributed by atoms with Crippen molar-refractivity contribution in [1.82, 2.24) is 10.6 Å². The summed E-state index contributed by atoms with van der Waals surface area (Å²) in [6, 6.07) is 9.14. The van der Waals surface area contributed by atoms with Crippen LogP contribution < -0.4 is 16.0 Å². The van der Waals surface area contributed by atoms with Crippen molar-refractivity contribution < 1.29 is 14.0 Å². The Morgan fingerprint density at radius 3 is 2.73 bits per heavy atom. The first-order chi connectivity index (χ1) is 12.0. The number of nitrogens with one attached hydrogen (secondary N) is 3. The summed E-state index contributed by atoms with van der Waals surface area (Å²) >= 11 is 0. The molecule has 140 valence electrons. The van der Waals surface area contributed by atoms with Crippen LogP contribution >= 0.6 is 12.4 Å². The van der Waals surface area contributed by atoms with Crippen molar-refractivity contribution in [2.45, 2.75) is 38.8 Å². The second-order valence-corrected chi connectivity index (χ2v) is 6.51. The van der Waals surface area contributed by atoms with E-state index in [-0.39, 0.29) is 36.0 Å². The topological polar surface area (TPSA) is 83.4 Å². The van der Waals surface area contributed by atoms with E-state index in [1.54, 1.807) is 24.3 Å². The van der Waals surface area contributed by atoms with Crippen LogP contribution in [0.4, 0.5) is 5.69 Å². The van der Waals surface area contributed by atoms with Gasteiger partial charge in [-0.15, -0.1) is 12.4 Å². The smallest absolute Gasteiger partial charge is 0.291 e. The van der Waals surface area contributed by atoms with E-state index in [9.17, 15) is 9.59 Å². The van der Waals surface area contributed by atoms with Gasteiger partial charge in [0, 0.05) is 23.3 Å². The molecule has 6 nitrogen and oxygen atoms in total. The molecule has 7 heteroatoms. The fourth-order valence-corrected chi connectivity index (χ4v) is 3.02. The summed E-state index contributed by atoms with van der Waals surface area (Å²) in [6.45, 7) is 4.91. The molecule has 1 aliphatic heterocycles. The Kier molecular flexibility index (Phi) is 6.83. The summed E-state index contributed by atoms with van der Waals surface area (Å²) in [5.74, 6) is -0.219. The van der Waals surface area contributed by atoms with Gasteiger partial charge in [-0.25, -0.2) is 0 Å². The highest BCUT2D eigenvalue weighted by molar-refractivity contribution is 6.04. The third kappa shape index (κ3) is 4.86. The first-order valence-corrected chi connectivity index (χ1v) is 8.52. The number of furan rings is 1. The maximum atomic E-state index is 12.5.